The summed E-state index contributed by atoms with van der Waals surface area (Å²) >= 11 is 11.7. The number of hydrogen-bond donors (Lipinski definition) is 0. The van der Waals surface area contributed by atoms with Crippen LogP contribution in [-0.4, -0.2) is 37.0 Å². The molecule has 0 aliphatic rings. The van der Waals surface area contributed by atoms with Crippen molar-refractivity contribution in [3.8, 4) is 0 Å². The Kier molecular flexibility index (Phi) is 5.85. The highest BCUT2D eigenvalue weighted by atomic mass is 35.5. The molecule has 0 saturated heterocycles. The average Bonchev–Trinajstić information content (AvgIpc) is 2.48. The first kappa shape index (κ1) is 18.7. The Hall–Kier alpha value is -1.63. The van der Waals surface area contributed by atoms with Gasteiger partial charge in [-0.1, -0.05) is 23.2 Å². The second-order valence-corrected chi connectivity index (χ2v) is 8.19. The second-order valence-electron chi connectivity index (χ2n) is 5.39. The van der Waals surface area contributed by atoms with Crippen LogP contribution in [-0.2, 0) is 21.2 Å². The Bertz CT molecular complexity index is 869. The van der Waals surface area contributed by atoms with Gasteiger partial charge in [0, 0.05) is 31.0 Å². The van der Waals surface area contributed by atoms with Crippen molar-refractivity contribution in [1.82, 2.24) is 9.88 Å². The summed E-state index contributed by atoms with van der Waals surface area (Å²) in [5, 5.41) is 0.329. The third kappa shape index (κ3) is 4.47. The summed E-state index contributed by atoms with van der Waals surface area (Å²) in [4.78, 5) is 17.5. The summed E-state index contributed by atoms with van der Waals surface area (Å²) in [6.07, 6.45) is 3.32. The Morgan fingerprint density at radius 1 is 1.25 bits per heavy atom. The van der Waals surface area contributed by atoms with E-state index >= 15 is 0 Å². The number of aromatic nitrogens is 1. The van der Waals surface area contributed by atoms with Crippen LogP contribution in [0.3, 0.4) is 0 Å². The quantitative estimate of drug-likeness (QED) is 0.791. The fraction of sp³-hybridized carbons (Fsp3) is 0.250. The first-order chi connectivity index (χ1) is 11.2. The molecule has 5 nitrogen and oxygen atoms in total. The minimum atomic E-state index is -3.85. The molecule has 2 rings (SSSR count). The summed E-state index contributed by atoms with van der Waals surface area (Å²) < 4.78 is 24.8. The number of rotatable bonds is 5. The number of sulfone groups is 1. The molecule has 2 aromatic rings. The van der Waals surface area contributed by atoms with Crippen LogP contribution in [0.1, 0.15) is 11.1 Å². The fourth-order valence-corrected chi connectivity index (χ4v) is 4.18. The van der Waals surface area contributed by atoms with Gasteiger partial charge in [0.15, 0.2) is 9.84 Å². The van der Waals surface area contributed by atoms with Crippen molar-refractivity contribution in [2.24, 2.45) is 0 Å². The standard InChI is InChI=1S/C16H16Cl2N2O3S/c1-11-5-6-19-8-12(11)9-20(2)16(21)10-24(22,23)15-4-3-13(17)7-14(15)18/h3-8H,9-10H2,1-2H3. The van der Waals surface area contributed by atoms with Crippen LogP contribution in [0.2, 0.25) is 10.0 Å². The highest BCUT2D eigenvalue weighted by Crippen LogP contribution is 2.26. The van der Waals surface area contributed by atoms with Crippen LogP contribution in [0.25, 0.3) is 0 Å². The molecule has 0 spiro atoms. The lowest BCUT2D eigenvalue weighted by molar-refractivity contribution is -0.127. The summed E-state index contributed by atoms with van der Waals surface area (Å²) in [5.41, 5.74) is 1.84. The van der Waals surface area contributed by atoms with Crippen molar-refractivity contribution in [1.29, 1.82) is 0 Å². The van der Waals surface area contributed by atoms with Gasteiger partial charge in [0.25, 0.3) is 0 Å². The van der Waals surface area contributed by atoms with Crippen molar-refractivity contribution in [3.05, 3.63) is 57.8 Å². The minimum absolute atomic E-state index is 0.000979. The van der Waals surface area contributed by atoms with E-state index in [1.807, 2.05) is 13.0 Å². The van der Waals surface area contributed by atoms with Gasteiger partial charge in [0.2, 0.25) is 5.91 Å². The number of halogens is 2. The Balaban J connectivity index is 2.14. The fourth-order valence-electron chi connectivity index (χ4n) is 2.08. The van der Waals surface area contributed by atoms with Gasteiger partial charge in [0.1, 0.15) is 5.75 Å². The number of carbonyl (C=O) groups is 1. The van der Waals surface area contributed by atoms with Crippen LogP contribution in [0.4, 0.5) is 0 Å². The SMILES string of the molecule is Cc1ccncc1CN(C)C(=O)CS(=O)(=O)c1ccc(Cl)cc1Cl. The molecule has 0 bridgehead atoms. The van der Waals surface area contributed by atoms with E-state index in [9.17, 15) is 13.2 Å². The number of pyridine rings is 1. The van der Waals surface area contributed by atoms with E-state index in [0.29, 0.717) is 5.02 Å². The first-order valence-corrected chi connectivity index (χ1v) is 9.43. The summed E-state index contributed by atoms with van der Waals surface area (Å²) in [7, 11) is -2.30. The van der Waals surface area contributed by atoms with Crippen LogP contribution >= 0.6 is 23.2 Å². The summed E-state index contributed by atoms with van der Waals surface area (Å²) in [6, 6.07) is 5.90. The average molecular weight is 387 g/mol. The van der Waals surface area contributed by atoms with Crippen molar-refractivity contribution in [3.63, 3.8) is 0 Å². The van der Waals surface area contributed by atoms with Gasteiger partial charge in [0.05, 0.1) is 9.92 Å². The van der Waals surface area contributed by atoms with Gasteiger partial charge in [-0.3, -0.25) is 9.78 Å². The molecule has 0 saturated carbocycles. The first-order valence-electron chi connectivity index (χ1n) is 7.02. The molecule has 0 fully saturated rings. The molecule has 0 atom stereocenters. The zero-order valence-corrected chi connectivity index (χ0v) is 15.5. The van der Waals surface area contributed by atoms with E-state index in [4.69, 9.17) is 23.2 Å². The molecule has 0 radical (unpaired) electrons. The van der Waals surface area contributed by atoms with Crippen molar-refractivity contribution in [2.75, 3.05) is 12.8 Å². The normalized spacial score (nSPS) is 11.3. The molecule has 128 valence electrons. The molecule has 0 aliphatic carbocycles. The van der Waals surface area contributed by atoms with Gasteiger partial charge in [-0.2, -0.15) is 0 Å². The van der Waals surface area contributed by atoms with E-state index in [-0.39, 0.29) is 16.5 Å². The maximum atomic E-state index is 12.4. The number of benzene rings is 1. The maximum Gasteiger partial charge on any atom is 0.238 e. The molecule has 0 N–H and O–H groups in total. The number of hydrogen-bond acceptors (Lipinski definition) is 4. The van der Waals surface area contributed by atoms with Gasteiger partial charge in [-0.05, 0) is 42.3 Å². The zero-order chi connectivity index (χ0) is 17.9. The van der Waals surface area contributed by atoms with E-state index in [1.54, 1.807) is 19.4 Å². The highest BCUT2D eigenvalue weighted by molar-refractivity contribution is 7.92. The zero-order valence-electron chi connectivity index (χ0n) is 13.2. The molecule has 0 unspecified atom stereocenters. The number of amides is 1. The van der Waals surface area contributed by atoms with Crippen LogP contribution in [0, 0.1) is 6.92 Å². The van der Waals surface area contributed by atoms with Gasteiger partial charge < -0.3 is 4.90 Å². The van der Waals surface area contributed by atoms with Crippen molar-refractivity contribution >= 4 is 38.9 Å². The lowest BCUT2D eigenvalue weighted by Crippen LogP contribution is -2.32. The van der Waals surface area contributed by atoms with E-state index in [1.165, 1.54) is 23.1 Å². The van der Waals surface area contributed by atoms with E-state index in [2.05, 4.69) is 4.98 Å². The molecule has 8 heteroatoms. The van der Waals surface area contributed by atoms with E-state index < -0.39 is 21.5 Å². The monoisotopic (exact) mass is 386 g/mol. The lowest BCUT2D eigenvalue weighted by Gasteiger charge is -2.18. The Morgan fingerprint density at radius 3 is 2.58 bits per heavy atom. The van der Waals surface area contributed by atoms with Gasteiger partial charge in [-0.15, -0.1) is 0 Å². The molecule has 1 heterocycles. The van der Waals surface area contributed by atoms with Gasteiger partial charge in [-0.25, -0.2) is 8.42 Å². The number of aryl methyl sites for hydroxylation is 1. The Labute approximate surface area is 151 Å². The topological polar surface area (TPSA) is 67.3 Å². The van der Waals surface area contributed by atoms with Crippen LogP contribution in [0.15, 0.2) is 41.6 Å². The highest BCUT2D eigenvalue weighted by Gasteiger charge is 2.24. The number of nitrogens with zero attached hydrogens (tertiary/aromatic N) is 2. The molecule has 24 heavy (non-hydrogen) atoms. The maximum absolute atomic E-state index is 12.4. The summed E-state index contributed by atoms with van der Waals surface area (Å²) in [5.74, 6) is -1.19. The molecular formula is C16H16Cl2N2O3S. The third-order valence-electron chi connectivity index (χ3n) is 3.52. The lowest BCUT2D eigenvalue weighted by atomic mass is 10.1. The minimum Gasteiger partial charge on any atom is -0.340 e. The molecule has 0 aliphatic heterocycles. The van der Waals surface area contributed by atoms with Crippen molar-refractivity contribution < 1.29 is 13.2 Å². The van der Waals surface area contributed by atoms with Crippen LogP contribution < -0.4 is 0 Å². The predicted molar refractivity (Wildman–Crippen MR) is 94.0 cm³/mol. The third-order valence-corrected chi connectivity index (χ3v) is 5.84. The smallest absolute Gasteiger partial charge is 0.238 e. The Morgan fingerprint density at radius 2 is 1.96 bits per heavy atom. The largest absolute Gasteiger partial charge is 0.340 e. The van der Waals surface area contributed by atoms with Gasteiger partial charge >= 0.3 is 0 Å². The van der Waals surface area contributed by atoms with Crippen molar-refractivity contribution in [2.45, 2.75) is 18.4 Å². The van der Waals surface area contributed by atoms with E-state index in [0.717, 1.165) is 11.1 Å². The summed E-state index contributed by atoms with van der Waals surface area (Å²) in [6.45, 7) is 2.18. The van der Waals surface area contributed by atoms with Crippen LogP contribution in [0.5, 0.6) is 0 Å². The predicted octanol–water partition coefficient (Wildman–Crippen LogP) is 3.13. The molecular weight excluding hydrogens is 371 g/mol. The molecule has 1 aromatic heterocycles. The molecule has 1 amide bonds. The molecule has 1 aromatic carbocycles. The second kappa shape index (κ2) is 7.51. The number of carbonyl (C=O) groups excluding carboxylic acids is 1.